The Labute approximate surface area is 97.1 Å². The van der Waals surface area contributed by atoms with Gasteiger partial charge < -0.3 is 16.3 Å². The van der Waals surface area contributed by atoms with Crippen LogP contribution in [0, 0.1) is 5.92 Å². The average Bonchev–Trinajstić information content (AvgIpc) is 2.24. The zero-order valence-electron chi connectivity index (χ0n) is 10.6. The fraction of sp³-hybridized carbons (Fsp3) is 0.818. The van der Waals surface area contributed by atoms with E-state index in [4.69, 9.17) is 10.9 Å². The van der Waals surface area contributed by atoms with Gasteiger partial charge in [0.25, 0.3) is 0 Å². The quantitative estimate of drug-likeness (QED) is 0.279. The van der Waals surface area contributed by atoms with Crippen molar-refractivity contribution in [3.63, 3.8) is 0 Å². The number of nitrogens with two attached hydrogens (primary N) is 1. The van der Waals surface area contributed by atoms with E-state index >= 15 is 0 Å². The Bertz CT molecular complexity index is 264. The molecule has 5 heteroatoms. The zero-order valence-corrected chi connectivity index (χ0v) is 10.6. The van der Waals surface area contributed by atoms with Crippen molar-refractivity contribution in [3.8, 4) is 0 Å². The molecule has 0 aromatic carbocycles. The van der Waals surface area contributed by atoms with Crippen LogP contribution in [0.15, 0.2) is 5.16 Å². The van der Waals surface area contributed by atoms with E-state index in [9.17, 15) is 4.79 Å². The molecular weight excluding hydrogens is 206 g/mol. The predicted molar refractivity (Wildman–Crippen MR) is 64.3 cm³/mol. The average molecular weight is 229 g/mol. The number of rotatable bonds is 6. The minimum atomic E-state index is -0.761. The molecule has 0 saturated carbocycles. The molecule has 0 fully saturated rings. The lowest BCUT2D eigenvalue weighted by molar-refractivity contribution is -0.122. The number of carbonyl (C=O) groups is 1. The number of oxime groups is 1. The van der Waals surface area contributed by atoms with Crippen molar-refractivity contribution < 1.29 is 10.0 Å². The fourth-order valence-electron chi connectivity index (χ4n) is 1.23. The molecule has 0 saturated heterocycles. The highest BCUT2D eigenvalue weighted by molar-refractivity contribution is 5.93. The summed E-state index contributed by atoms with van der Waals surface area (Å²) in [5.41, 5.74) is 4.79. The molecule has 0 aliphatic heterocycles. The van der Waals surface area contributed by atoms with Crippen LogP contribution in [0.1, 0.15) is 47.0 Å². The zero-order chi connectivity index (χ0) is 12.8. The number of amides is 1. The van der Waals surface area contributed by atoms with Crippen molar-refractivity contribution in [2.24, 2.45) is 16.8 Å². The van der Waals surface area contributed by atoms with E-state index < -0.39 is 5.54 Å². The third-order valence-corrected chi connectivity index (χ3v) is 2.74. The van der Waals surface area contributed by atoms with Crippen LogP contribution in [-0.4, -0.2) is 22.5 Å². The molecule has 1 atom stereocenters. The fourth-order valence-corrected chi connectivity index (χ4v) is 1.23. The van der Waals surface area contributed by atoms with Gasteiger partial charge in [0.05, 0.1) is 5.54 Å². The number of nitrogens with one attached hydrogen (secondary N) is 1. The Balaban J connectivity index is 4.38. The second-order valence-corrected chi connectivity index (χ2v) is 4.65. The van der Waals surface area contributed by atoms with Gasteiger partial charge in [-0.3, -0.25) is 4.79 Å². The summed E-state index contributed by atoms with van der Waals surface area (Å²) in [6.45, 7) is 7.75. The van der Waals surface area contributed by atoms with E-state index in [1.807, 2.05) is 6.92 Å². The second kappa shape index (κ2) is 6.35. The van der Waals surface area contributed by atoms with Crippen LogP contribution in [0.25, 0.3) is 0 Å². The maximum absolute atomic E-state index is 11.6. The molecule has 0 aromatic rings. The molecule has 0 aliphatic carbocycles. The molecule has 0 aliphatic rings. The van der Waals surface area contributed by atoms with Crippen LogP contribution in [-0.2, 0) is 4.79 Å². The SMILES string of the molecule is CCC(C)(NC(=O)CCC(C)C)/C(N)=N/O. The first-order chi connectivity index (χ1) is 7.35. The van der Waals surface area contributed by atoms with Crippen LogP contribution < -0.4 is 11.1 Å². The molecule has 0 bridgehead atoms. The summed E-state index contributed by atoms with van der Waals surface area (Å²) < 4.78 is 0. The maximum atomic E-state index is 11.6. The van der Waals surface area contributed by atoms with E-state index in [-0.39, 0.29) is 11.7 Å². The lowest BCUT2D eigenvalue weighted by atomic mass is 9.96. The number of amidine groups is 1. The number of nitrogens with zero attached hydrogens (tertiary/aromatic N) is 1. The van der Waals surface area contributed by atoms with Gasteiger partial charge in [-0.25, -0.2) is 0 Å². The molecule has 1 amide bonds. The predicted octanol–water partition coefficient (Wildman–Crippen LogP) is 1.45. The molecule has 4 N–H and O–H groups in total. The molecule has 0 spiro atoms. The van der Waals surface area contributed by atoms with Crippen LogP contribution in [0.2, 0.25) is 0 Å². The second-order valence-electron chi connectivity index (χ2n) is 4.65. The van der Waals surface area contributed by atoms with Gasteiger partial charge in [-0.1, -0.05) is 25.9 Å². The van der Waals surface area contributed by atoms with Crippen molar-refractivity contribution in [3.05, 3.63) is 0 Å². The first kappa shape index (κ1) is 14.7. The molecule has 0 radical (unpaired) electrons. The summed E-state index contributed by atoms with van der Waals surface area (Å²) in [5, 5.41) is 14.4. The Hall–Kier alpha value is -1.26. The molecule has 0 aromatic heterocycles. The van der Waals surface area contributed by atoms with Crippen molar-refractivity contribution in [2.75, 3.05) is 0 Å². The Kier molecular flexibility index (Phi) is 5.85. The molecule has 0 rings (SSSR count). The smallest absolute Gasteiger partial charge is 0.220 e. The summed E-state index contributed by atoms with van der Waals surface area (Å²) in [5.74, 6) is 0.458. The minimum absolute atomic E-state index is 0.0351. The minimum Gasteiger partial charge on any atom is -0.409 e. The first-order valence-electron chi connectivity index (χ1n) is 5.64. The van der Waals surface area contributed by atoms with Crippen molar-refractivity contribution in [1.82, 2.24) is 5.32 Å². The van der Waals surface area contributed by atoms with E-state index in [0.717, 1.165) is 6.42 Å². The van der Waals surface area contributed by atoms with Gasteiger partial charge in [-0.2, -0.15) is 0 Å². The summed E-state index contributed by atoms with van der Waals surface area (Å²) in [7, 11) is 0. The van der Waals surface area contributed by atoms with Crippen LogP contribution in [0.5, 0.6) is 0 Å². The Morgan fingerprint density at radius 2 is 2.12 bits per heavy atom. The van der Waals surface area contributed by atoms with Gasteiger partial charge in [0.2, 0.25) is 5.91 Å². The summed E-state index contributed by atoms with van der Waals surface area (Å²) >= 11 is 0. The van der Waals surface area contributed by atoms with Gasteiger partial charge in [0.1, 0.15) is 0 Å². The largest absolute Gasteiger partial charge is 0.409 e. The van der Waals surface area contributed by atoms with Crippen LogP contribution in [0.3, 0.4) is 0 Å². The summed E-state index contributed by atoms with van der Waals surface area (Å²) in [6, 6.07) is 0. The monoisotopic (exact) mass is 229 g/mol. The molecule has 0 heterocycles. The van der Waals surface area contributed by atoms with Gasteiger partial charge >= 0.3 is 0 Å². The van der Waals surface area contributed by atoms with E-state index in [2.05, 4.69) is 24.3 Å². The van der Waals surface area contributed by atoms with E-state index in [1.54, 1.807) is 6.92 Å². The summed E-state index contributed by atoms with van der Waals surface area (Å²) in [4.78, 5) is 11.6. The van der Waals surface area contributed by atoms with Crippen molar-refractivity contribution in [1.29, 1.82) is 0 Å². The highest BCUT2D eigenvalue weighted by Crippen LogP contribution is 2.11. The van der Waals surface area contributed by atoms with Gasteiger partial charge in [0, 0.05) is 6.42 Å². The molecular formula is C11H23N3O2. The van der Waals surface area contributed by atoms with Crippen molar-refractivity contribution in [2.45, 2.75) is 52.5 Å². The normalized spacial score (nSPS) is 15.9. The number of hydrogen-bond acceptors (Lipinski definition) is 3. The first-order valence-corrected chi connectivity index (χ1v) is 5.64. The lowest BCUT2D eigenvalue weighted by Gasteiger charge is -2.28. The van der Waals surface area contributed by atoms with Gasteiger partial charge in [-0.15, -0.1) is 0 Å². The molecule has 1 unspecified atom stereocenters. The topological polar surface area (TPSA) is 87.7 Å². The third kappa shape index (κ3) is 4.51. The summed E-state index contributed by atoms with van der Waals surface area (Å²) in [6.07, 6.45) is 1.88. The lowest BCUT2D eigenvalue weighted by Crippen LogP contribution is -2.55. The number of carbonyl (C=O) groups excluding carboxylic acids is 1. The highest BCUT2D eigenvalue weighted by Gasteiger charge is 2.29. The maximum Gasteiger partial charge on any atom is 0.220 e. The Morgan fingerprint density at radius 1 is 1.56 bits per heavy atom. The van der Waals surface area contributed by atoms with Gasteiger partial charge in [-0.05, 0) is 25.7 Å². The molecule has 94 valence electrons. The van der Waals surface area contributed by atoms with Crippen LogP contribution >= 0.6 is 0 Å². The van der Waals surface area contributed by atoms with Gasteiger partial charge in [0.15, 0.2) is 5.84 Å². The highest BCUT2D eigenvalue weighted by atomic mass is 16.4. The number of hydrogen-bond donors (Lipinski definition) is 3. The van der Waals surface area contributed by atoms with Crippen molar-refractivity contribution >= 4 is 11.7 Å². The Morgan fingerprint density at radius 3 is 2.50 bits per heavy atom. The van der Waals surface area contributed by atoms with E-state index in [0.29, 0.717) is 18.8 Å². The standard InChI is InChI=1S/C11H23N3O2/c1-5-11(4,10(12)14-16)13-9(15)7-6-8(2)3/h8,16H,5-7H2,1-4H3,(H2,12,14)(H,13,15). The third-order valence-electron chi connectivity index (χ3n) is 2.74. The van der Waals surface area contributed by atoms with Crippen LogP contribution in [0.4, 0.5) is 0 Å². The molecule has 16 heavy (non-hydrogen) atoms. The molecule has 5 nitrogen and oxygen atoms in total. The van der Waals surface area contributed by atoms with E-state index in [1.165, 1.54) is 0 Å².